The highest BCUT2D eigenvalue weighted by molar-refractivity contribution is 9.10. The molecule has 1 aromatic rings. The fraction of sp³-hybridized carbons (Fsp3) is 0.571. The van der Waals surface area contributed by atoms with Gasteiger partial charge in [-0.25, -0.2) is 0 Å². The molecule has 17 heavy (non-hydrogen) atoms. The van der Waals surface area contributed by atoms with Gasteiger partial charge in [-0.05, 0) is 43.6 Å². The lowest BCUT2D eigenvalue weighted by Gasteiger charge is -2.24. The van der Waals surface area contributed by atoms with Crippen LogP contribution in [0.5, 0.6) is 0 Å². The molecule has 1 atom stereocenters. The fourth-order valence-corrected chi connectivity index (χ4v) is 4.61. The molecule has 0 saturated carbocycles. The van der Waals surface area contributed by atoms with Crippen molar-refractivity contribution in [1.29, 1.82) is 0 Å². The summed E-state index contributed by atoms with van der Waals surface area (Å²) in [6, 6.07) is 10.1. The van der Waals surface area contributed by atoms with Crippen LogP contribution in [0.25, 0.3) is 0 Å². The summed E-state index contributed by atoms with van der Waals surface area (Å²) >= 11 is 3.49. The molecule has 0 aliphatic heterocycles. The largest absolute Gasteiger partial charge is 0.319 e. The lowest BCUT2D eigenvalue weighted by atomic mass is 10.0. The maximum atomic E-state index is 3.49. The Morgan fingerprint density at radius 3 is 2.24 bits per heavy atom. The molecule has 0 aromatic heterocycles. The maximum Gasteiger partial charge on any atom is 0.0446 e. The molecule has 0 amide bonds. The first-order valence-corrected chi connectivity index (χ1v) is 10.8. The average molecular weight is 314 g/mol. The van der Waals surface area contributed by atoms with E-state index in [0.717, 1.165) is 16.9 Å². The average Bonchev–Trinajstić information content (AvgIpc) is 2.19. The van der Waals surface area contributed by atoms with E-state index in [1.807, 2.05) is 0 Å². The second kappa shape index (κ2) is 6.71. The normalized spacial score (nSPS) is 13.7. The number of nitrogens with one attached hydrogen (secondary N) is 1. The van der Waals surface area contributed by atoms with Gasteiger partial charge in [-0.15, -0.1) is 0 Å². The van der Waals surface area contributed by atoms with Crippen LogP contribution in [0.3, 0.4) is 0 Å². The van der Waals surface area contributed by atoms with Gasteiger partial charge in [-0.2, -0.15) is 0 Å². The predicted octanol–water partition coefficient (Wildman–Crippen LogP) is 4.17. The van der Waals surface area contributed by atoms with Crippen LogP contribution in [0.15, 0.2) is 28.7 Å². The van der Waals surface area contributed by atoms with E-state index in [1.54, 1.807) is 0 Å². The minimum Gasteiger partial charge on any atom is -0.319 e. The fourth-order valence-electron chi connectivity index (χ4n) is 2.33. The summed E-state index contributed by atoms with van der Waals surface area (Å²) in [5, 5.41) is 3.33. The van der Waals surface area contributed by atoms with Crippen molar-refractivity contribution in [3.63, 3.8) is 0 Å². The Balaban J connectivity index is 2.63. The van der Waals surface area contributed by atoms with E-state index in [0.29, 0.717) is 0 Å². The molecule has 0 aliphatic rings. The van der Waals surface area contributed by atoms with Crippen LogP contribution in [0.4, 0.5) is 0 Å². The summed E-state index contributed by atoms with van der Waals surface area (Å²) in [6.45, 7) is 8.49. The number of rotatable bonds is 6. The lowest BCUT2D eigenvalue weighted by Crippen LogP contribution is -2.30. The first-order chi connectivity index (χ1) is 7.90. The minimum atomic E-state index is -0.972. The zero-order valence-corrected chi connectivity index (χ0v) is 14.0. The van der Waals surface area contributed by atoms with Gasteiger partial charge in [0.2, 0.25) is 0 Å². The van der Waals surface area contributed by atoms with Crippen LogP contribution in [-0.2, 0) is 6.42 Å². The topological polar surface area (TPSA) is 12.0 Å². The highest BCUT2D eigenvalue weighted by atomic mass is 79.9. The van der Waals surface area contributed by atoms with Gasteiger partial charge in [0.05, 0.1) is 0 Å². The van der Waals surface area contributed by atoms with Crippen molar-refractivity contribution in [1.82, 2.24) is 5.32 Å². The molecule has 1 nitrogen and oxygen atoms in total. The number of halogens is 1. The van der Waals surface area contributed by atoms with Crippen molar-refractivity contribution in [2.75, 3.05) is 13.6 Å². The molecule has 1 unspecified atom stereocenters. The molecule has 3 heteroatoms. The van der Waals surface area contributed by atoms with Crippen molar-refractivity contribution in [3.05, 3.63) is 34.3 Å². The Bertz CT molecular complexity index is 329. The van der Waals surface area contributed by atoms with Crippen molar-refractivity contribution in [2.24, 2.45) is 5.92 Å². The predicted molar refractivity (Wildman–Crippen MR) is 83.4 cm³/mol. The smallest absolute Gasteiger partial charge is 0.0446 e. The monoisotopic (exact) mass is 313 g/mol. The van der Waals surface area contributed by atoms with E-state index in [-0.39, 0.29) is 0 Å². The van der Waals surface area contributed by atoms with Gasteiger partial charge >= 0.3 is 0 Å². The maximum absolute atomic E-state index is 3.49. The van der Waals surface area contributed by atoms with E-state index in [9.17, 15) is 0 Å². The molecular weight excluding hydrogens is 290 g/mol. The molecule has 0 fully saturated rings. The summed E-state index contributed by atoms with van der Waals surface area (Å²) in [6.07, 6.45) is 1.19. The summed E-state index contributed by atoms with van der Waals surface area (Å²) in [4.78, 5) is 0. The van der Waals surface area contributed by atoms with Crippen molar-refractivity contribution in [3.8, 4) is 0 Å². The zero-order valence-electron chi connectivity index (χ0n) is 11.4. The first-order valence-electron chi connectivity index (χ1n) is 6.30. The Morgan fingerprint density at radius 2 is 1.76 bits per heavy atom. The standard InChI is InChI=1S/C14H24BrNSi/c1-16-10-13(11-17(2,3)4)9-12-5-7-14(15)8-6-12/h5-8,13,16H,9-11H2,1-4H3. The van der Waals surface area contributed by atoms with Gasteiger partial charge in [0, 0.05) is 12.5 Å². The Morgan fingerprint density at radius 1 is 1.18 bits per heavy atom. The number of benzene rings is 1. The molecule has 0 heterocycles. The van der Waals surface area contributed by atoms with Crippen LogP contribution < -0.4 is 5.32 Å². The van der Waals surface area contributed by atoms with Gasteiger partial charge in [-0.3, -0.25) is 0 Å². The van der Waals surface area contributed by atoms with E-state index >= 15 is 0 Å². The van der Waals surface area contributed by atoms with Crippen LogP contribution >= 0.6 is 15.9 Å². The molecule has 0 bridgehead atoms. The van der Waals surface area contributed by atoms with Crippen molar-refractivity contribution < 1.29 is 0 Å². The quantitative estimate of drug-likeness (QED) is 0.777. The summed E-state index contributed by atoms with van der Waals surface area (Å²) < 4.78 is 1.16. The molecule has 1 rings (SSSR count). The summed E-state index contributed by atoms with van der Waals surface area (Å²) in [5.41, 5.74) is 1.45. The zero-order chi connectivity index (χ0) is 12.9. The van der Waals surface area contributed by atoms with E-state index in [4.69, 9.17) is 0 Å². The van der Waals surface area contributed by atoms with Crippen LogP contribution in [0.1, 0.15) is 5.56 Å². The van der Waals surface area contributed by atoms with Crippen molar-refractivity contribution >= 4 is 24.0 Å². The van der Waals surface area contributed by atoms with Crippen molar-refractivity contribution in [2.45, 2.75) is 32.1 Å². The first kappa shape index (κ1) is 14.9. The number of hydrogen-bond acceptors (Lipinski definition) is 1. The van der Waals surface area contributed by atoms with Gasteiger partial charge in [0.1, 0.15) is 0 Å². The van der Waals surface area contributed by atoms with E-state index in [1.165, 1.54) is 18.0 Å². The van der Waals surface area contributed by atoms with Gasteiger partial charge < -0.3 is 5.32 Å². The highest BCUT2D eigenvalue weighted by Crippen LogP contribution is 2.21. The SMILES string of the molecule is CNCC(Cc1ccc(Br)cc1)C[Si](C)(C)C. The molecular formula is C14H24BrNSi. The highest BCUT2D eigenvalue weighted by Gasteiger charge is 2.20. The third-order valence-corrected chi connectivity index (χ3v) is 5.16. The van der Waals surface area contributed by atoms with Crippen LogP contribution in [-0.4, -0.2) is 21.7 Å². The molecule has 0 spiro atoms. The summed E-state index contributed by atoms with van der Waals surface area (Å²) in [7, 11) is 1.08. The third kappa shape index (κ3) is 6.39. The minimum absolute atomic E-state index is 0.771. The van der Waals surface area contributed by atoms with Crippen LogP contribution in [0, 0.1) is 5.92 Å². The lowest BCUT2D eigenvalue weighted by molar-refractivity contribution is 0.535. The second-order valence-corrected chi connectivity index (χ2v) is 12.5. The molecule has 1 N–H and O–H groups in total. The molecule has 0 radical (unpaired) electrons. The van der Waals surface area contributed by atoms with Gasteiger partial charge in [0.15, 0.2) is 0 Å². The van der Waals surface area contributed by atoms with Crippen LogP contribution in [0.2, 0.25) is 25.7 Å². The Kier molecular flexibility index (Phi) is 5.90. The van der Waals surface area contributed by atoms with Gasteiger partial charge in [0.25, 0.3) is 0 Å². The Hall–Kier alpha value is -0.123. The number of hydrogen-bond donors (Lipinski definition) is 1. The second-order valence-electron chi connectivity index (χ2n) is 6.02. The molecule has 0 aliphatic carbocycles. The molecule has 0 saturated heterocycles. The van der Waals surface area contributed by atoms with E-state index < -0.39 is 8.07 Å². The Labute approximate surface area is 115 Å². The van der Waals surface area contributed by atoms with E-state index in [2.05, 4.69) is 72.2 Å². The molecule has 96 valence electrons. The van der Waals surface area contributed by atoms with Gasteiger partial charge in [-0.1, -0.05) is 53.7 Å². The molecule has 1 aromatic carbocycles. The third-order valence-electron chi connectivity index (χ3n) is 2.83. The summed E-state index contributed by atoms with van der Waals surface area (Å²) in [5.74, 6) is 0.771.